The third-order valence-corrected chi connectivity index (χ3v) is 5.96. The zero-order valence-electron chi connectivity index (χ0n) is 18.8. The van der Waals surface area contributed by atoms with Crippen molar-refractivity contribution in [3.8, 4) is 11.5 Å². The smallest absolute Gasteiger partial charge is 0.339 e. The Balaban J connectivity index is 1.93. The van der Waals surface area contributed by atoms with Gasteiger partial charge in [0.1, 0.15) is 22.5 Å². The molecule has 1 heterocycles. The summed E-state index contributed by atoms with van der Waals surface area (Å²) >= 11 is 0. The Labute approximate surface area is 193 Å². The Morgan fingerprint density at radius 2 is 1.79 bits per heavy atom. The number of anilines is 1. The second kappa shape index (κ2) is 10.1. The third kappa shape index (κ3) is 6.33. The van der Waals surface area contributed by atoms with Gasteiger partial charge in [-0.25, -0.2) is 0 Å². The van der Waals surface area contributed by atoms with Gasteiger partial charge in [0.2, 0.25) is 0 Å². The van der Waals surface area contributed by atoms with Crippen LogP contribution in [0.15, 0.2) is 59.6 Å². The van der Waals surface area contributed by atoms with Crippen molar-refractivity contribution in [2.45, 2.75) is 37.7 Å². The van der Waals surface area contributed by atoms with E-state index in [1.807, 2.05) is 13.8 Å². The molecule has 3 aromatic rings. The number of carbonyl (C=O) groups excluding carboxylic acids is 1. The van der Waals surface area contributed by atoms with Crippen LogP contribution in [-0.4, -0.2) is 41.9 Å². The normalized spacial score (nSPS) is 12.4. The van der Waals surface area contributed by atoms with Crippen molar-refractivity contribution in [3.05, 3.63) is 65.9 Å². The van der Waals surface area contributed by atoms with Gasteiger partial charge in [0.15, 0.2) is 5.82 Å². The number of hydrogen-bond acceptors (Lipinski definition) is 7. The van der Waals surface area contributed by atoms with E-state index in [0.717, 1.165) is 5.56 Å². The number of aromatic nitrogens is 2. The lowest BCUT2D eigenvalue weighted by molar-refractivity contribution is 0.102. The van der Waals surface area contributed by atoms with Crippen molar-refractivity contribution in [2.75, 3.05) is 11.9 Å². The highest BCUT2D eigenvalue weighted by atomic mass is 32.2. The van der Waals surface area contributed by atoms with Crippen molar-refractivity contribution >= 4 is 21.8 Å². The number of aliphatic hydroxyl groups excluding tert-OH is 1. The van der Waals surface area contributed by atoms with Gasteiger partial charge in [-0.2, -0.15) is 13.5 Å². The molecule has 10 heteroatoms. The SMILES string of the molecule is CC(CO)Oc1cc(C(=O)Nc2ccn(C)n2)cc(S(=O)(=O)Oc2ccc(C(C)C)cc2)c1. The summed E-state index contributed by atoms with van der Waals surface area (Å²) in [5, 5.41) is 16.0. The molecule has 33 heavy (non-hydrogen) atoms. The third-order valence-electron chi connectivity index (χ3n) is 4.73. The summed E-state index contributed by atoms with van der Waals surface area (Å²) in [5.41, 5.74) is 1.07. The van der Waals surface area contributed by atoms with Crippen molar-refractivity contribution in [2.24, 2.45) is 7.05 Å². The Hall–Kier alpha value is -3.37. The minimum atomic E-state index is -4.28. The number of nitrogens with zero attached hydrogens (tertiary/aromatic N) is 2. The summed E-state index contributed by atoms with van der Waals surface area (Å²) in [4.78, 5) is 12.5. The van der Waals surface area contributed by atoms with Crippen LogP contribution in [0.2, 0.25) is 0 Å². The monoisotopic (exact) mass is 473 g/mol. The number of rotatable bonds is 9. The maximum Gasteiger partial charge on any atom is 0.339 e. The van der Waals surface area contributed by atoms with Gasteiger partial charge in [-0.05, 0) is 42.7 Å². The lowest BCUT2D eigenvalue weighted by atomic mass is 10.0. The molecule has 1 aromatic heterocycles. The van der Waals surface area contributed by atoms with E-state index in [-0.39, 0.29) is 34.5 Å². The van der Waals surface area contributed by atoms with E-state index in [1.165, 1.54) is 22.9 Å². The highest BCUT2D eigenvalue weighted by Gasteiger charge is 2.22. The average Bonchev–Trinajstić information content (AvgIpc) is 3.17. The summed E-state index contributed by atoms with van der Waals surface area (Å²) in [6.45, 7) is 5.39. The van der Waals surface area contributed by atoms with Gasteiger partial charge in [0, 0.05) is 30.9 Å². The molecule has 1 unspecified atom stereocenters. The van der Waals surface area contributed by atoms with E-state index in [1.54, 1.807) is 50.5 Å². The number of ether oxygens (including phenoxy) is 1. The van der Waals surface area contributed by atoms with Crippen molar-refractivity contribution in [1.82, 2.24) is 9.78 Å². The first-order chi connectivity index (χ1) is 15.6. The summed E-state index contributed by atoms with van der Waals surface area (Å²) in [6.07, 6.45) is 1.05. The van der Waals surface area contributed by atoms with E-state index in [0.29, 0.717) is 5.82 Å². The molecule has 3 rings (SSSR count). The average molecular weight is 474 g/mol. The molecule has 2 aromatic carbocycles. The molecule has 9 nitrogen and oxygen atoms in total. The van der Waals surface area contributed by atoms with Crippen LogP contribution in [0.25, 0.3) is 0 Å². The van der Waals surface area contributed by atoms with Crippen LogP contribution in [0.3, 0.4) is 0 Å². The molecular formula is C23H27N3O6S. The lowest BCUT2D eigenvalue weighted by Crippen LogP contribution is -2.19. The van der Waals surface area contributed by atoms with E-state index in [4.69, 9.17) is 8.92 Å². The summed E-state index contributed by atoms with van der Waals surface area (Å²) in [6, 6.07) is 12.2. The highest BCUT2D eigenvalue weighted by Crippen LogP contribution is 2.26. The number of amides is 1. The van der Waals surface area contributed by atoms with Crippen molar-refractivity contribution < 1.29 is 27.2 Å². The molecule has 0 aliphatic rings. The van der Waals surface area contributed by atoms with Crippen molar-refractivity contribution in [1.29, 1.82) is 0 Å². The van der Waals surface area contributed by atoms with Crippen LogP contribution in [-0.2, 0) is 17.2 Å². The largest absolute Gasteiger partial charge is 0.488 e. The first-order valence-electron chi connectivity index (χ1n) is 10.4. The van der Waals surface area contributed by atoms with Gasteiger partial charge in [-0.15, -0.1) is 0 Å². The minimum Gasteiger partial charge on any atom is -0.488 e. The van der Waals surface area contributed by atoms with Gasteiger partial charge in [-0.1, -0.05) is 26.0 Å². The van der Waals surface area contributed by atoms with Gasteiger partial charge in [0.05, 0.1) is 6.61 Å². The molecular weight excluding hydrogens is 446 g/mol. The zero-order chi connectivity index (χ0) is 24.2. The standard InChI is InChI=1S/C23H27N3O6S/c1-15(2)17-5-7-19(8-6-17)32-33(29,30)21-12-18(11-20(13-21)31-16(3)14-27)23(28)24-22-9-10-26(4)25-22/h5-13,15-16,27H,14H2,1-4H3,(H,24,25,28). The second-order valence-electron chi connectivity index (χ2n) is 7.89. The number of hydrogen-bond donors (Lipinski definition) is 2. The molecule has 0 saturated carbocycles. The van der Waals surface area contributed by atoms with Crippen LogP contribution in [0.1, 0.15) is 42.6 Å². The number of carbonyl (C=O) groups is 1. The van der Waals surface area contributed by atoms with Crippen LogP contribution in [0.5, 0.6) is 11.5 Å². The summed E-state index contributed by atoms with van der Waals surface area (Å²) in [5.74, 6) is 0.270. The molecule has 0 fully saturated rings. The van der Waals surface area contributed by atoms with Crippen LogP contribution >= 0.6 is 0 Å². The number of aryl methyl sites for hydroxylation is 1. The molecule has 1 atom stereocenters. The summed E-state index contributed by atoms with van der Waals surface area (Å²) < 4.78 is 38.4. The van der Waals surface area contributed by atoms with Crippen LogP contribution in [0, 0.1) is 0 Å². The Morgan fingerprint density at radius 1 is 1.09 bits per heavy atom. The zero-order valence-corrected chi connectivity index (χ0v) is 19.7. The number of benzene rings is 2. The first-order valence-corrected chi connectivity index (χ1v) is 11.8. The molecule has 0 aliphatic heterocycles. The topological polar surface area (TPSA) is 120 Å². The fourth-order valence-electron chi connectivity index (χ4n) is 2.94. The number of nitrogens with one attached hydrogen (secondary N) is 1. The van der Waals surface area contributed by atoms with Gasteiger partial charge < -0.3 is 19.3 Å². The minimum absolute atomic E-state index is 0.0284. The van der Waals surface area contributed by atoms with Crippen LogP contribution < -0.4 is 14.2 Å². The van der Waals surface area contributed by atoms with E-state index in [2.05, 4.69) is 10.4 Å². The molecule has 0 spiro atoms. The van der Waals surface area contributed by atoms with Crippen molar-refractivity contribution in [3.63, 3.8) is 0 Å². The molecule has 2 N–H and O–H groups in total. The maximum absolute atomic E-state index is 13.0. The predicted octanol–water partition coefficient (Wildman–Crippen LogP) is 3.32. The van der Waals surface area contributed by atoms with Gasteiger partial charge >= 0.3 is 10.1 Å². The van der Waals surface area contributed by atoms with E-state index >= 15 is 0 Å². The lowest BCUT2D eigenvalue weighted by Gasteiger charge is -2.15. The first kappa shape index (κ1) is 24.3. The van der Waals surface area contributed by atoms with Gasteiger partial charge in [-0.3, -0.25) is 9.48 Å². The Kier molecular flexibility index (Phi) is 7.39. The fraction of sp³-hybridized carbons (Fsp3) is 0.304. The Bertz CT molecular complexity index is 1220. The molecule has 176 valence electrons. The van der Waals surface area contributed by atoms with Crippen LogP contribution in [0.4, 0.5) is 5.82 Å². The van der Waals surface area contributed by atoms with E-state index < -0.39 is 22.1 Å². The predicted molar refractivity (Wildman–Crippen MR) is 123 cm³/mol. The summed E-state index contributed by atoms with van der Waals surface area (Å²) in [7, 11) is -2.57. The molecule has 0 aliphatic carbocycles. The van der Waals surface area contributed by atoms with E-state index in [9.17, 15) is 18.3 Å². The highest BCUT2D eigenvalue weighted by molar-refractivity contribution is 7.87. The molecule has 0 saturated heterocycles. The maximum atomic E-state index is 13.0. The second-order valence-corrected chi connectivity index (χ2v) is 9.44. The Morgan fingerprint density at radius 3 is 2.36 bits per heavy atom. The number of aliphatic hydroxyl groups is 1. The fourth-order valence-corrected chi connectivity index (χ4v) is 3.93. The quantitative estimate of drug-likeness (QED) is 0.458. The molecule has 0 bridgehead atoms. The molecule has 1 amide bonds. The molecule has 0 radical (unpaired) electrons. The van der Waals surface area contributed by atoms with Gasteiger partial charge in [0.25, 0.3) is 5.91 Å².